The molecule has 0 aliphatic carbocycles. The Bertz CT molecular complexity index is 829. The fourth-order valence-electron chi connectivity index (χ4n) is 3.16. The van der Waals surface area contributed by atoms with Crippen LogP contribution in [-0.4, -0.2) is 22.9 Å². The number of anilines is 2. The first-order valence-corrected chi connectivity index (χ1v) is 9.36. The van der Waals surface area contributed by atoms with Crippen molar-refractivity contribution < 1.29 is 19.5 Å². The summed E-state index contributed by atoms with van der Waals surface area (Å²) in [6.45, 7) is 5.21. The first kappa shape index (κ1) is 21.2. The van der Waals surface area contributed by atoms with Gasteiger partial charge in [0.25, 0.3) is 0 Å². The predicted octanol–water partition coefficient (Wildman–Crippen LogP) is 4.36. The fourth-order valence-corrected chi connectivity index (χ4v) is 3.16. The van der Waals surface area contributed by atoms with Crippen LogP contribution in [0.25, 0.3) is 0 Å². The van der Waals surface area contributed by atoms with Crippen molar-refractivity contribution in [3.05, 3.63) is 59.7 Å². The minimum atomic E-state index is -0.854. The van der Waals surface area contributed by atoms with Crippen LogP contribution in [-0.2, 0) is 14.4 Å². The molecule has 2 unspecified atom stereocenters. The van der Waals surface area contributed by atoms with Crippen LogP contribution in [0.2, 0.25) is 0 Å². The Morgan fingerprint density at radius 3 is 1.61 bits per heavy atom. The second kappa shape index (κ2) is 9.69. The van der Waals surface area contributed by atoms with Crippen LogP contribution < -0.4 is 10.6 Å². The molecule has 2 aromatic rings. The summed E-state index contributed by atoms with van der Waals surface area (Å²) in [4.78, 5) is 35.1. The van der Waals surface area contributed by atoms with Gasteiger partial charge >= 0.3 is 5.97 Å². The van der Waals surface area contributed by atoms with Gasteiger partial charge in [-0.3, -0.25) is 14.4 Å². The molecule has 0 saturated carbocycles. The highest BCUT2D eigenvalue weighted by molar-refractivity contribution is 5.96. The molecule has 0 aromatic heterocycles. The Kier molecular flexibility index (Phi) is 7.32. The van der Waals surface area contributed by atoms with Gasteiger partial charge in [0.05, 0.1) is 11.8 Å². The third-order valence-electron chi connectivity index (χ3n) is 4.65. The van der Waals surface area contributed by atoms with Crippen LogP contribution >= 0.6 is 0 Å². The summed E-state index contributed by atoms with van der Waals surface area (Å²) in [7, 11) is 0. The molecule has 148 valence electrons. The number of rotatable bonds is 8. The van der Waals surface area contributed by atoms with Gasteiger partial charge in [0, 0.05) is 18.3 Å². The van der Waals surface area contributed by atoms with Crippen molar-refractivity contribution in [2.75, 3.05) is 10.6 Å². The summed E-state index contributed by atoms with van der Waals surface area (Å²) in [6.07, 6.45) is 1.13. The Labute approximate surface area is 165 Å². The van der Waals surface area contributed by atoms with E-state index in [0.717, 1.165) is 5.56 Å². The van der Waals surface area contributed by atoms with Gasteiger partial charge in [0.2, 0.25) is 11.8 Å². The van der Waals surface area contributed by atoms with Crippen LogP contribution in [0.15, 0.2) is 48.5 Å². The highest BCUT2D eigenvalue weighted by Gasteiger charge is 2.20. The summed E-state index contributed by atoms with van der Waals surface area (Å²) in [6, 6.07) is 14.1. The molecule has 0 aliphatic rings. The van der Waals surface area contributed by atoms with Crippen LogP contribution in [0.1, 0.15) is 56.6 Å². The van der Waals surface area contributed by atoms with Crippen molar-refractivity contribution in [2.45, 2.75) is 45.4 Å². The van der Waals surface area contributed by atoms with E-state index in [-0.39, 0.29) is 17.7 Å². The van der Waals surface area contributed by atoms with Gasteiger partial charge in [0.1, 0.15) is 0 Å². The lowest BCUT2D eigenvalue weighted by Gasteiger charge is -2.17. The van der Waals surface area contributed by atoms with Crippen molar-refractivity contribution >= 4 is 29.2 Å². The summed E-state index contributed by atoms with van der Waals surface area (Å²) < 4.78 is 0. The van der Waals surface area contributed by atoms with Crippen molar-refractivity contribution in [2.24, 2.45) is 0 Å². The normalized spacial score (nSPS) is 12.7. The van der Waals surface area contributed by atoms with Gasteiger partial charge in [-0.15, -0.1) is 0 Å². The van der Waals surface area contributed by atoms with Crippen molar-refractivity contribution in [3.63, 3.8) is 0 Å². The van der Waals surface area contributed by atoms with E-state index >= 15 is 0 Å². The zero-order chi connectivity index (χ0) is 20.7. The number of carboxylic acid groups (broad SMARTS) is 1. The summed E-state index contributed by atoms with van der Waals surface area (Å²) in [5.74, 6) is -2.00. The van der Waals surface area contributed by atoms with Gasteiger partial charge < -0.3 is 15.7 Å². The van der Waals surface area contributed by atoms with E-state index in [0.29, 0.717) is 29.8 Å². The second-order valence-corrected chi connectivity index (χ2v) is 6.67. The molecule has 0 saturated heterocycles. The molecule has 2 aromatic carbocycles. The van der Waals surface area contributed by atoms with Crippen molar-refractivity contribution in [1.29, 1.82) is 0 Å². The first-order valence-electron chi connectivity index (χ1n) is 9.36. The largest absolute Gasteiger partial charge is 0.481 e. The maximum Gasteiger partial charge on any atom is 0.310 e. The van der Waals surface area contributed by atoms with Crippen LogP contribution in [0, 0.1) is 0 Å². The Balaban J connectivity index is 2.09. The Hall–Kier alpha value is -3.15. The molecule has 2 atom stereocenters. The van der Waals surface area contributed by atoms with E-state index in [2.05, 4.69) is 10.6 Å². The lowest BCUT2D eigenvalue weighted by Crippen LogP contribution is -2.21. The van der Waals surface area contributed by atoms with Gasteiger partial charge in [-0.1, -0.05) is 38.1 Å². The molecule has 0 heterocycles. The smallest absolute Gasteiger partial charge is 0.310 e. The van der Waals surface area contributed by atoms with E-state index in [4.69, 9.17) is 0 Å². The molecule has 2 amide bonds. The molecule has 6 nitrogen and oxygen atoms in total. The van der Waals surface area contributed by atoms with E-state index in [1.54, 1.807) is 36.4 Å². The topological polar surface area (TPSA) is 95.5 Å². The van der Waals surface area contributed by atoms with E-state index in [1.165, 1.54) is 6.92 Å². The van der Waals surface area contributed by atoms with Gasteiger partial charge in [0.15, 0.2) is 0 Å². The zero-order valence-electron chi connectivity index (χ0n) is 16.4. The van der Waals surface area contributed by atoms with E-state index in [9.17, 15) is 19.5 Å². The maximum absolute atomic E-state index is 12.7. The highest BCUT2D eigenvalue weighted by Crippen LogP contribution is 2.25. The summed E-state index contributed by atoms with van der Waals surface area (Å²) >= 11 is 0. The van der Waals surface area contributed by atoms with E-state index < -0.39 is 11.9 Å². The predicted molar refractivity (Wildman–Crippen MR) is 110 cm³/mol. The molecule has 0 spiro atoms. The Morgan fingerprint density at radius 1 is 0.786 bits per heavy atom. The van der Waals surface area contributed by atoms with Crippen molar-refractivity contribution in [3.8, 4) is 0 Å². The zero-order valence-corrected chi connectivity index (χ0v) is 16.4. The molecular weight excluding hydrogens is 356 g/mol. The number of amides is 2. The molecule has 0 aliphatic heterocycles. The SMILES string of the molecule is CCC(C(=O)O)c1ccc(NC(=O)C(CC)c2ccc(NC(C)=O)cc2)cc1. The molecular formula is C22H26N2O4. The van der Waals surface area contributed by atoms with Crippen molar-refractivity contribution in [1.82, 2.24) is 0 Å². The lowest BCUT2D eigenvalue weighted by atomic mass is 9.94. The number of hydrogen-bond donors (Lipinski definition) is 3. The number of nitrogens with one attached hydrogen (secondary N) is 2. The number of carbonyl (C=O) groups is 3. The molecule has 0 bridgehead atoms. The minimum absolute atomic E-state index is 0.132. The van der Waals surface area contributed by atoms with Gasteiger partial charge in [-0.05, 0) is 48.2 Å². The average molecular weight is 382 g/mol. The average Bonchev–Trinajstić information content (AvgIpc) is 2.65. The molecule has 3 N–H and O–H groups in total. The molecule has 2 rings (SSSR count). The molecule has 0 fully saturated rings. The highest BCUT2D eigenvalue weighted by atomic mass is 16.4. The van der Waals surface area contributed by atoms with Crippen LogP contribution in [0.5, 0.6) is 0 Å². The van der Waals surface area contributed by atoms with Crippen LogP contribution in [0.4, 0.5) is 11.4 Å². The standard InChI is InChI=1S/C22H26N2O4/c1-4-19(15-6-10-17(11-7-15)23-14(3)25)21(26)24-18-12-8-16(9-13-18)20(5-2)22(27)28/h6-13,19-20H,4-5H2,1-3H3,(H,23,25)(H,24,26)(H,27,28). The first-order chi connectivity index (χ1) is 13.3. The Morgan fingerprint density at radius 2 is 1.21 bits per heavy atom. The number of carboxylic acids is 1. The monoisotopic (exact) mass is 382 g/mol. The van der Waals surface area contributed by atoms with Gasteiger partial charge in [-0.25, -0.2) is 0 Å². The number of hydrogen-bond acceptors (Lipinski definition) is 3. The van der Waals surface area contributed by atoms with Gasteiger partial charge in [-0.2, -0.15) is 0 Å². The van der Waals surface area contributed by atoms with Crippen LogP contribution in [0.3, 0.4) is 0 Å². The van der Waals surface area contributed by atoms with E-state index in [1.807, 2.05) is 26.0 Å². The third kappa shape index (κ3) is 5.42. The maximum atomic E-state index is 12.7. The number of aliphatic carboxylic acids is 1. The third-order valence-corrected chi connectivity index (χ3v) is 4.65. The molecule has 28 heavy (non-hydrogen) atoms. The summed E-state index contributed by atoms with van der Waals surface area (Å²) in [5.41, 5.74) is 2.89. The second-order valence-electron chi connectivity index (χ2n) is 6.67. The minimum Gasteiger partial charge on any atom is -0.481 e. The molecule has 6 heteroatoms. The number of carbonyl (C=O) groups excluding carboxylic acids is 2. The molecule has 0 radical (unpaired) electrons. The lowest BCUT2D eigenvalue weighted by molar-refractivity contribution is -0.138. The summed E-state index contributed by atoms with van der Waals surface area (Å²) in [5, 5.41) is 14.8. The quantitative estimate of drug-likeness (QED) is 0.632. The fraction of sp³-hybridized carbons (Fsp3) is 0.318. The number of benzene rings is 2.